The van der Waals surface area contributed by atoms with E-state index in [0.717, 1.165) is 0 Å². The van der Waals surface area contributed by atoms with Crippen molar-refractivity contribution < 1.29 is 19.1 Å². The first-order valence-corrected chi connectivity index (χ1v) is 6.91. The molecule has 0 spiro atoms. The summed E-state index contributed by atoms with van der Waals surface area (Å²) >= 11 is 12.0. The molecule has 0 aliphatic carbocycles. The van der Waals surface area contributed by atoms with Gasteiger partial charge >= 0.3 is 6.09 Å². The summed E-state index contributed by atoms with van der Waals surface area (Å²) in [7, 11) is 3.03. The van der Waals surface area contributed by atoms with Crippen LogP contribution in [0.4, 0.5) is 4.79 Å². The Morgan fingerprint density at radius 2 is 2.14 bits per heavy atom. The van der Waals surface area contributed by atoms with Gasteiger partial charge in [-0.15, -0.1) is 0 Å². The molecule has 1 fully saturated rings. The Morgan fingerprint density at radius 1 is 1.48 bits per heavy atom. The van der Waals surface area contributed by atoms with Crippen LogP contribution in [0, 0.1) is 0 Å². The summed E-state index contributed by atoms with van der Waals surface area (Å²) in [6, 6.07) is 3.07. The van der Waals surface area contributed by atoms with Crippen molar-refractivity contribution in [2.45, 2.75) is 6.10 Å². The molecule has 1 atom stereocenters. The second-order valence-corrected chi connectivity index (χ2v) is 5.35. The third-order valence-corrected chi connectivity index (χ3v) is 3.65. The Morgan fingerprint density at radius 3 is 2.71 bits per heavy atom. The van der Waals surface area contributed by atoms with Crippen LogP contribution in [0.1, 0.15) is 10.4 Å². The van der Waals surface area contributed by atoms with Gasteiger partial charge in [0, 0.05) is 7.05 Å². The van der Waals surface area contributed by atoms with Crippen LogP contribution in [0.5, 0.6) is 5.75 Å². The number of benzene rings is 1. The second kappa shape index (κ2) is 6.41. The topological polar surface area (TPSA) is 67.9 Å². The Bertz CT molecular complexity index is 580. The molecule has 1 aromatic carbocycles. The molecular weight excluding hydrogens is 319 g/mol. The lowest BCUT2D eigenvalue weighted by Gasteiger charge is -2.14. The summed E-state index contributed by atoms with van der Waals surface area (Å²) in [6.45, 7) is 0.598. The maximum Gasteiger partial charge on any atom is 0.410 e. The van der Waals surface area contributed by atoms with Crippen molar-refractivity contribution in [3.63, 3.8) is 0 Å². The number of carbonyl (C=O) groups excluding carboxylic acids is 2. The number of carbonyl (C=O) groups is 2. The number of hydrogen-bond donors (Lipinski definition) is 1. The number of ether oxygens (including phenoxy) is 2. The maximum atomic E-state index is 12.2. The van der Waals surface area contributed by atoms with Gasteiger partial charge in [-0.1, -0.05) is 23.2 Å². The standard InChI is InChI=1S/C13H14Cl2N2O4/c1-17-6-7(21-13(17)19)5-16-12(18)10-8(14)3-4-9(15)11(10)20-2/h3-4,7H,5-6H2,1-2H3,(H,16,18). The van der Waals surface area contributed by atoms with E-state index in [2.05, 4.69) is 5.32 Å². The summed E-state index contributed by atoms with van der Waals surface area (Å²) in [4.78, 5) is 24.9. The molecule has 6 nitrogen and oxygen atoms in total. The first kappa shape index (κ1) is 15.7. The predicted molar refractivity (Wildman–Crippen MR) is 78.2 cm³/mol. The first-order valence-electron chi connectivity index (χ1n) is 6.16. The van der Waals surface area contributed by atoms with Crippen LogP contribution in [0.2, 0.25) is 10.0 Å². The second-order valence-electron chi connectivity index (χ2n) is 4.53. The van der Waals surface area contributed by atoms with E-state index in [1.165, 1.54) is 18.1 Å². The minimum Gasteiger partial charge on any atom is -0.494 e. The molecule has 1 aromatic rings. The van der Waals surface area contributed by atoms with E-state index in [1.54, 1.807) is 13.1 Å². The van der Waals surface area contributed by atoms with Gasteiger partial charge in [0.1, 0.15) is 11.7 Å². The molecule has 1 saturated heterocycles. The highest BCUT2D eigenvalue weighted by Crippen LogP contribution is 2.33. The van der Waals surface area contributed by atoms with E-state index in [4.69, 9.17) is 32.7 Å². The largest absolute Gasteiger partial charge is 0.494 e. The highest BCUT2D eigenvalue weighted by Gasteiger charge is 2.29. The average Bonchev–Trinajstić information content (AvgIpc) is 2.77. The van der Waals surface area contributed by atoms with Crippen LogP contribution in [-0.4, -0.2) is 50.3 Å². The van der Waals surface area contributed by atoms with Crippen molar-refractivity contribution >= 4 is 35.2 Å². The van der Waals surface area contributed by atoms with E-state index in [0.29, 0.717) is 11.6 Å². The van der Waals surface area contributed by atoms with Crippen LogP contribution in [0.25, 0.3) is 0 Å². The molecule has 1 aliphatic heterocycles. The number of amides is 2. The fraction of sp³-hybridized carbons (Fsp3) is 0.385. The lowest BCUT2D eigenvalue weighted by Crippen LogP contribution is -2.34. The third kappa shape index (κ3) is 3.33. The molecule has 2 rings (SSSR count). The summed E-state index contributed by atoms with van der Waals surface area (Å²) in [5, 5.41) is 3.18. The number of cyclic esters (lactones) is 1. The fourth-order valence-corrected chi connectivity index (χ4v) is 2.46. The van der Waals surface area contributed by atoms with Crippen LogP contribution in [0.15, 0.2) is 12.1 Å². The highest BCUT2D eigenvalue weighted by atomic mass is 35.5. The molecule has 114 valence electrons. The molecule has 0 saturated carbocycles. The van der Waals surface area contributed by atoms with Gasteiger partial charge in [0.2, 0.25) is 0 Å². The molecule has 2 amide bonds. The molecule has 0 radical (unpaired) electrons. The van der Waals surface area contributed by atoms with Crippen LogP contribution in [-0.2, 0) is 4.74 Å². The van der Waals surface area contributed by atoms with Gasteiger partial charge in [-0.3, -0.25) is 4.79 Å². The van der Waals surface area contributed by atoms with Crippen LogP contribution < -0.4 is 10.1 Å². The highest BCUT2D eigenvalue weighted by molar-refractivity contribution is 6.37. The molecule has 1 N–H and O–H groups in total. The molecule has 1 aliphatic rings. The van der Waals surface area contributed by atoms with E-state index in [-0.39, 0.29) is 22.9 Å². The average molecular weight is 333 g/mol. The molecule has 1 unspecified atom stereocenters. The Balaban J connectivity index is 2.08. The summed E-state index contributed by atoms with van der Waals surface area (Å²) in [5.41, 5.74) is 0.157. The molecular formula is C13H14Cl2N2O4. The van der Waals surface area contributed by atoms with Gasteiger partial charge in [0.25, 0.3) is 5.91 Å². The zero-order valence-corrected chi connectivity index (χ0v) is 13.0. The fourth-order valence-electron chi connectivity index (χ4n) is 2.00. The van der Waals surface area contributed by atoms with E-state index in [9.17, 15) is 9.59 Å². The Hall–Kier alpha value is -1.66. The van der Waals surface area contributed by atoms with Crippen molar-refractivity contribution in [1.29, 1.82) is 0 Å². The SMILES string of the molecule is COc1c(Cl)ccc(Cl)c1C(=O)NCC1CN(C)C(=O)O1. The van der Waals surface area contributed by atoms with E-state index >= 15 is 0 Å². The number of likely N-dealkylation sites (N-methyl/N-ethyl adjacent to an activating group) is 1. The Labute approximate surface area is 131 Å². The quantitative estimate of drug-likeness (QED) is 0.917. The smallest absolute Gasteiger partial charge is 0.410 e. The molecule has 1 heterocycles. The van der Waals surface area contributed by atoms with Crippen molar-refractivity contribution in [1.82, 2.24) is 10.2 Å². The van der Waals surface area contributed by atoms with Crippen molar-refractivity contribution in [3.8, 4) is 5.75 Å². The third-order valence-electron chi connectivity index (χ3n) is 3.04. The van der Waals surface area contributed by atoms with E-state index in [1.807, 2.05) is 0 Å². The lowest BCUT2D eigenvalue weighted by atomic mass is 10.1. The number of methoxy groups -OCH3 is 1. The molecule has 21 heavy (non-hydrogen) atoms. The number of hydrogen-bond acceptors (Lipinski definition) is 4. The van der Waals surface area contributed by atoms with Gasteiger partial charge in [0.05, 0.1) is 30.2 Å². The number of halogens is 2. The number of rotatable bonds is 4. The van der Waals surface area contributed by atoms with Crippen molar-refractivity contribution in [3.05, 3.63) is 27.7 Å². The lowest BCUT2D eigenvalue weighted by molar-refractivity contribution is 0.0912. The molecule has 0 aromatic heterocycles. The minimum absolute atomic E-state index is 0.157. The minimum atomic E-state index is -0.440. The zero-order chi connectivity index (χ0) is 15.6. The van der Waals surface area contributed by atoms with Gasteiger partial charge in [-0.25, -0.2) is 4.79 Å². The van der Waals surface area contributed by atoms with Crippen LogP contribution >= 0.6 is 23.2 Å². The van der Waals surface area contributed by atoms with Crippen LogP contribution in [0.3, 0.4) is 0 Å². The number of nitrogens with one attached hydrogen (secondary N) is 1. The van der Waals surface area contributed by atoms with Crippen molar-refractivity contribution in [2.75, 3.05) is 27.2 Å². The van der Waals surface area contributed by atoms with Gasteiger partial charge < -0.3 is 19.7 Å². The van der Waals surface area contributed by atoms with E-state index < -0.39 is 18.1 Å². The van der Waals surface area contributed by atoms with Gasteiger partial charge in [0.15, 0.2) is 5.75 Å². The van der Waals surface area contributed by atoms with Gasteiger partial charge in [-0.05, 0) is 12.1 Å². The normalized spacial score (nSPS) is 17.6. The number of nitrogens with zero attached hydrogens (tertiary/aromatic N) is 1. The zero-order valence-electron chi connectivity index (χ0n) is 11.5. The summed E-state index contributed by atoms with van der Waals surface area (Å²) < 4.78 is 10.2. The molecule has 0 bridgehead atoms. The summed E-state index contributed by atoms with van der Waals surface area (Å²) in [5.74, 6) is -0.229. The van der Waals surface area contributed by atoms with Crippen molar-refractivity contribution in [2.24, 2.45) is 0 Å². The summed E-state index contributed by atoms with van der Waals surface area (Å²) in [6.07, 6.45) is -0.803. The maximum absolute atomic E-state index is 12.2. The predicted octanol–water partition coefficient (Wildman–Crippen LogP) is 2.18. The molecule has 8 heteroatoms. The monoisotopic (exact) mass is 332 g/mol. The van der Waals surface area contributed by atoms with Gasteiger partial charge in [-0.2, -0.15) is 0 Å². The Kier molecular flexibility index (Phi) is 4.80. The first-order chi connectivity index (χ1) is 9.93.